The number of aromatic nitrogens is 3. The number of halogens is 1. The fourth-order valence-corrected chi connectivity index (χ4v) is 2.71. The summed E-state index contributed by atoms with van der Waals surface area (Å²) in [6, 6.07) is 17.8. The number of anilines is 4. The van der Waals surface area contributed by atoms with Crippen molar-refractivity contribution in [2.24, 2.45) is 0 Å². The molecule has 0 spiro atoms. The minimum absolute atomic E-state index is 0.0332. The molecule has 0 unspecified atom stereocenters. The topological polar surface area (TPSA) is 79.3 Å². The van der Waals surface area contributed by atoms with Gasteiger partial charge in [0.2, 0.25) is 29.0 Å². The molecule has 0 N–H and O–H groups in total. The molecule has 0 aliphatic carbocycles. The van der Waals surface area contributed by atoms with Crippen molar-refractivity contribution in [3.8, 4) is 0 Å². The van der Waals surface area contributed by atoms with Crippen LogP contribution in [-0.4, -0.2) is 26.8 Å². The van der Waals surface area contributed by atoms with Crippen LogP contribution in [0.4, 0.5) is 23.3 Å². The van der Waals surface area contributed by atoms with Gasteiger partial charge in [-0.15, -0.1) is 0 Å². The maximum atomic E-state index is 12.2. The van der Waals surface area contributed by atoms with Crippen LogP contribution < -0.4 is 9.80 Å². The van der Waals surface area contributed by atoms with E-state index in [1.165, 1.54) is 23.6 Å². The Bertz CT molecular complexity index is 891. The zero-order valence-corrected chi connectivity index (χ0v) is 15.5. The summed E-state index contributed by atoms with van der Waals surface area (Å²) in [5.74, 6) is -0.538. The number of carbonyl (C=O) groups is 2. The molecule has 1 heterocycles. The predicted molar refractivity (Wildman–Crippen MR) is 103 cm³/mol. The first-order valence-corrected chi connectivity index (χ1v) is 8.48. The number of carbonyl (C=O) groups excluding carboxylic acids is 2. The highest BCUT2D eigenvalue weighted by Gasteiger charge is 2.23. The Kier molecular flexibility index (Phi) is 5.42. The third-order valence-corrected chi connectivity index (χ3v) is 3.81. The highest BCUT2D eigenvalue weighted by atomic mass is 35.5. The average Bonchev–Trinajstić information content (AvgIpc) is 2.63. The van der Waals surface area contributed by atoms with Crippen LogP contribution in [0.25, 0.3) is 0 Å². The van der Waals surface area contributed by atoms with Gasteiger partial charge in [0.25, 0.3) is 0 Å². The summed E-state index contributed by atoms with van der Waals surface area (Å²) < 4.78 is 0. The van der Waals surface area contributed by atoms with Crippen molar-refractivity contribution in [3.63, 3.8) is 0 Å². The van der Waals surface area contributed by atoms with Gasteiger partial charge in [0.1, 0.15) is 0 Å². The summed E-state index contributed by atoms with van der Waals surface area (Å²) in [4.78, 5) is 39.6. The quantitative estimate of drug-likeness (QED) is 0.684. The lowest BCUT2D eigenvalue weighted by Gasteiger charge is -2.22. The summed E-state index contributed by atoms with van der Waals surface area (Å²) in [5.41, 5.74) is 1.15. The van der Waals surface area contributed by atoms with E-state index < -0.39 is 0 Å². The minimum atomic E-state index is -0.302. The molecule has 0 saturated heterocycles. The second-order valence-electron chi connectivity index (χ2n) is 5.58. The molecule has 0 bridgehead atoms. The van der Waals surface area contributed by atoms with Crippen LogP contribution in [0.15, 0.2) is 60.7 Å². The summed E-state index contributed by atoms with van der Waals surface area (Å²) in [5, 5.41) is -0.126. The third-order valence-electron chi connectivity index (χ3n) is 3.64. The molecule has 8 heteroatoms. The van der Waals surface area contributed by atoms with E-state index in [0.717, 1.165) is 0 Å². The lowest BCUT2D eigenvalue weighted by molar-refractivity contribution is -0.116. The van der Waals surface area contributed by atoms with Crippen molar-refractivity contribution in [1.82, 2.24) is 15.0 Å². The molecule has 3 aromatic rings. The normalized spacial score (nSPS) is 10.3. The number of hydrogen-bond acceptors (Lipinski definition) is 5. The van der Waals surface area contributed by atoms with E-state index in [-0.39, 0.29) is 29.0 Å². The van der Waals surface area contributed by atoms with Crippen molar-refractivity contribution < 1.29 is 9.59 Å². The molecule has 1 aromatic heterocycles. The minimum Gasteiger partial charge on any atom is -0.274 e. The fourth-order valence-electron chi connectivity index (χ4n) is 2.56. The third kappa shape index (κ3) is 4.09. The van der Waals surface area contributed by atoms with E-state index in [1.807, 2.05) is 12.1 Å². The maximum Gasteiger partial charge on any atom is 0.243 e. The van der Waals surface area contributed by atoms with Gasteiger partial charge in [0.05, 0.1) is 11.4 Å². The average molecular weight is 382 g/mol. The lowest BCUT2D eigenvalue weighted by atomic mass is 10.3. The predicted octanol–water partition coefficient (Wildman–Crippen LogP) is 3.89. The smallest absolute Gasteiger partial charge is 0.243 e. The molecule has 0 fully saturated rings. The highest BCUT2D eigenvalue weighted by Crippen LogP contribution is 2.28. The van der Waals surface area contributed by atoms with Gasteiger partial charge >= 0.3 is 0 Å². The summed E-state index contributed by atoms with van der Waals surface area (Å²) in [6.07, 6.45) is 0. The fraction of sp³-hybridized carbons (Fsp3) is 0.105. The first kappa shape index (κ1) is 18.5. The molecule has 7 nitrogen and oxygen atoms in total. The summed E-state index contributed by atoms with van der Waals surface area (Å²) in [7, 11) is 0. The summed E-state index contributed by atoms with van der Waals surface area (Å²) in [6.45, 7) is 2.79. The second-order valence-corrected chi connectivity index (χ2v) is 5.92. The molecule has 2 amide bonds. The van der Waals surface area contributed by atoms with Crippen molar-refractivity contribution in [2.75, 3.05) is 9.80 Å². The molecule has 0 aliphatic rings. The number of nitrogens with zero attached hydrogens (tertiary/aromatic N) is 5. The van der Waals surface area contributed by atoms with E-state index >= 15 is 0 Å². The Labute approximate surface area is 161 Å². The Hall–Kier alpha value is -3.32. The standard InChI is InChI=1S/C19H16ClN5O2/c1-13(26)24(15-9-5-3-6-10-15)18-21-17(20)22-19(23-18)25(14(2)27)16-11-7-4-8-12-16/h3-12H,1-2H3. The Morgan fingerprint density at radius 3 is 1.41 bits per heavy atom. The highest BCUT2D eigenvalue weighted by molar-refractivity contribution is 6.28. The monoisotopic (exact) mass is 381 g/mol. The SMILES string of the molecule is CC(=O)N(c1ccccc1)c1nc(Cl)nc(N(C(C)=O)c2ccccc2)n1. The van der Waals surface area contributed by atoms with E-state index in [2.05, 4.69) is 15.0 Å². The van der Waals surface area contributed by atoms with E-state index in [9.17, 15) is 9.59 Å². The van der Waals surface area contributed by atoms with Gasteiger partial charge in [-0.25, -0.2) is 9.80 Å². The molecule has 0 aliphatic heterocycles. The van der Waals surface area contributed by atoms with Crippen LogP contribution in [-0.2, 0) is 9.59 Å². The van der Waals surface area contributed by atoms with Gasteiger partial charge in [-0.2, -0.15) is 15.0 Å². The van der Waals surface area contributed by atoms with Crippen LogP contribution in [0, 0.1) is 0 Å². The summed E-state index contributed by atoms with van der Waals surface area (Å²) >= 11 is 6.08. The molecule has 0 atom stereocenters. The van der Waals surface area contributed by atoms with Gasteiger partial charge in [-0.05, 0) is 35.9 Å². The van der Waals surface area contributed by atoms with E-state index in [0.29, 0.717) is 11.4 Å². The Balaban J connectivity index is 2.13. The zero-order chi connectivity index (χ0) is 19.4. The van der Waals surface area contributed by atoms with Crippen molar-refractivity contribution >= 4 is 46.7 Å². The number of amides is 2. The van der Waals surface area contributed by atoms with Gasteiger partial charge in [0.15, 0.2) is 0 Å². The van der Waals surface area contributed by atoms with Gasteiger partial charge in [-0.3, -0.25) is 9.59 Å². The van der Waals surface area contributed by atoms with Crippen LogP contribution >= 0.6 is 11.6 Å². The second kappa shape index (κ2) is 7.92. The van der Waals surface area contributed by atoms with Crippen LogP contribution in [0.2, 0.25) is 5.28 Å². The number of rotatable bonds is 4. The van der Waals surface area contributed by atoms with Crippen molar-refractivity contribution in [3.05, 3.63) is 65.9 Å². The van der Waals surface area contributed by atoms with Gasteiger partial charge in [0, 0.05) is 13.8 Å². The molecule has 3 rings (SSSR count). The molecular weight excluding hydrogens is 366 g/mol. The van der Waals surface area contributed by atoms with Gasteiger partial charge in [-0.1, -0.05) is 36.4 Å². The maximum absolute atomic E-state index is 12.2. The molecule has 27 heavy (non-hydrogen) atoms. The first-order chi connectivity index (χ1) is 13.0. The number of benzene rings is 2. The number of para-hydroxylation sites is 2. The first-order valence-electron chi connectivity index (χ1n) is 8.10. The Morgan fingerprint density at radius 1 is 0.704 bits per heavy atom. The molecule has 136 valence electrons. The molecule has 0 radical (unpaired) electrons. The zero-order valence-electron chi connectivity index (χ0n) is 14.7. The van der Waals surface area contributed by atoms with Crippen LogP contribution in [0.5, 0.6) is 0 Å². The van der Waals surface area contributed by atoms with Gasteiger partial charge < -0.3 is 0 Å². The molecular formula is C19H16ClN5O2. The van der Waals surface area contributed by atoms with Crippen LogP contribution in [0.3, 0.4) is 0 Å². The van der Waals surface area contributed by atoms with E-state index in [4.69, 9.17) is 11.6 Å². The van der Waals surface area contributed by atoms with E-state index in [1.54, 1.807) is 48.5 Å². The van der Waals surface area contributed by atoms with Crippen molar-refractivity contribution in [2.45, 2.75) is 13.8 Å². The number of hydrogen-bond donors (Lipinski definition) is 0. The van der Waals surface area contributed by atoms with Crippen molar-refractivity contribution in [1.29, 1.82) is 0 Å². The van der Waals surface area contributed by atoms with Crippen LogP contribution in [0.1, 0.15) is 13.8 Å². The molecule has 0 saturated carbocycles. The lowest BCUT2D eigenvalue weighted by Crippen LogP contribution is -2.29. The Morgan fingerprint density at radius 2 is 1.07 bits per heavy atom. The molecule has 2 aromatic carbocycles. The largest absolute Gasteiger partial charge is 0.274 e.